The summed E-state index contributed by atoms with van der Waals surface area (Å²) in [6.45, 7) is 0. The van der Waals surface area contributed by atoms with Crippen molar-refractivity contribution in [2.75, 3.05) is 16.8 Å². The standard InChI is InChI=1S/C10H12FN3OS/c11-7-3-9(5-12-4-7)14-10(15)13-8-1-2-16-6-8/h3-5,8H,1-2,6H2,(H2,13,14,15)/t8-/m0/s1. The number of urea groups is 1. The minimum atomic E-state index is -0.464. The van der Waals surface area contributed by atoms with E-state index in [0.717, 1.165) is 24.1 Å². The van der Waals surface area contributed by atoms with Crippen LogP contribution in [0.15, 0.2) is 18.5 Å². The van der Waals surface area contributed by atoms with Crippen molar-refractivity contribution in [1.29, 1.82) is 0 Å². The van der Waals surface area contributed by atoms with Crippen LogP contribution < -0.4 is 10.6 Å². The highest BCUT2D eigenvalue weighted by molar-refractivity contribution is 7.99. The van der Waals surface area contributed by atoms with Crippen LogP contribution in [0.5, 0.6) is 0 Å². The molecule has 1 aromatic heterocycles. The number of carbonyl (C=O) groups excluding carboxylic acids is 1. The smallest absolute Gasteiger partial charge is 0.319 e. The molecule has 2 heterocycles. The number of thioether (sulfide) groups is 1. The van der Waals surface area contributed by atoms with E-state index in [2.05, 4.69) is 15.6 Å². The molecule has 0 unspecified atom stereocenters. The summed E-state index contributed by atoms with van der Waals surface area (Å²) in [5.41, 5.74) is 0.364. The van der Waals surface area contributed by atoms with Crippen LogP contribution in [0.25, 0.3) is 0 Å². The van der Waals surface area contributed by atoms with E-state index >= 15 is 0 Å². The van der Waals surface area contributed by atoms with Crippen molar-refractivity contribution in [3.63, 3.8) is 0 Å². The number of nitrogens with zero attached hydrogens (tertiary/aromatic N) is 1. The van der Waals surface area contributed by atoms with Crippen molar-refractivity contribution in [2.24, 2.45) is 0 Å². The van der Waals surface area contributed by atoms with E-state index in [4.69, 9.17) is 0 Å². The molecule has 0 saturated carbocycles. The quantitative estimate of drug-likeness (QED) is 0.830. The van der Waals surface area contributed by atoms with Crippen LogP contribution in [0.2, 0.25) is 0 Å². The highest BCUT2D eigenvalue weighted by Crippen LogP contribution is 2.17. The number of hydrogen-bond donors (Lipinski definition) is 2. The molecule has 1 aromatic rings. The second kappa shape index (κ2) is 5.16. The van der Waals surface area contributed by atoms with E-state index in [1.54, 1.807) is 0 Å². The van der Waals surface area contributed by atoms with Gasteiger partial charge in [-0.25, -0.2) is 9.18 Å². The van der Waals surface area contributed by atoms with Crippen LogP contribution >= 0.6 is 11.8 Å². The molecular formula is C10H12FN3OS. The summed E-state index contributed by atoms with van der Waals surface area (Å²) >= 11 is 1.82. The van der Waals surface area contributed by atoms with Crippen LogP contribution in [-0.2, 0) is 0 Å². The van der Waals surface area contributed by atoms with Gasteiger partial charge in [0.1, 0.15) is 5.82 Å². The Morgan fingerprint density at radius 1 is 1.56 bits per heavy atom. The first kappa shape index (κ1) is 11.2. The van der Waals surface area contributed by atoms with Crippen molar-refractivity contribution in [1.82, 2.24) is 10.3 Å². The Labute approximate surface area is 97.0 Å². The zero-order valence-electron chi connectivity index (χ0n) is 8.57. The zero-order chi connectivity index (χ0) is 11.4. The summed E-state index contributed by atoms with van der Waals surface area (Å²) in [5, 5.41) is 5.37. The maximum Gasteiger partial charge on any atom is 0.319 e. The van der Waals surface area contributed by atoms with Crippen molar-refractivity contribution in [3.05, 3.63) is 24.3 Å². The molecule has 1 aliphatic heterocycles. The predicted molar refractivity (Wildman–Crippen MR) is 62.1 cm³/mol. The van der Waals surface area contributed by atoms with Gasteiger partial charge in [-0.15, -0.1) is 0 Å². The lowest BCUT2D eigenvalue weighted by molar-refractivity contribution is 0.249. The van der Waals surface area contributed by atoms with Crippen LogP contribution in [-0.4, -0.2) is 28.6 Å². The fourth-order valence-corrected chi connectivity index (χ4v) is 2.63. The van der Waals surface area contributed by atoms with Gasteiger partial charge in [-0.05, 0) is 12.2 Å². The van der Waals surface area contributed by atoms with Gasteiger partial charge < -0.3 is 10.6 Å². The topological polar surface area (TPSA) is 54.0 Å². The van der Waals surface area contributed by atoms with Crippen molar-refractivity contribution in [3.8, 4) is 0 Å². The van der Waals surface area contributed by atoms with E-state index in [-0.39, 0.29) is 12.1 Å². The lowest BCUT2D eigenvalue weighted by Crippen LogP contribution is -2.37. The molecule has 0 bridgehead atoms. The van der Waals surface area contributed by atoms with E-state index in [9.17, 15) is 9.18 Å². The molecule has 0 aromatic carbocycles. The Bertz CT molecular complexity index is 382. The number of rotatable bonds is 2. The Kier molecular flexibility index (Phi) is 3.61. The van der Waals surface area contributed by atoms with Gasteiger partial charge in [-0.1, -0.05) is 0 Å². The van der Waals surface area contributed by atoms with E-state index in [0.29, 0.717) is 5.69 Å². The van der Waals surface area contributed by atoms with Gasteiger partial charge in [0.15, 0.2) is 0 Å². The highest BCUT2D eigenvalue weighted by Gasteiger charge is 2.17. The number of aromatic nitrogens is 1. The normalized spacial score (nSPS) is 19.4. The second-order valence-corrected chi connectivity index (χ2v) is 4.70. The third-order valence-corrected chi connectivity index (χ3v) is 3.39. The van der Waals surface area contributed by atoms with Crippen molar-refractivity contribution >= 4 is 23.5 Å². The van der Waals surface area contributed by atoms with Crippen LogP contribution in [0.4, 0.5) is 14.9 Å². The fourth-order valence-electron chi connectivity index (χ4n) is 1.48. The molecule has 2 rings (SSSR count). The number of amides is 2. The number of pyridine rings is 1. The molecule has 0 radical (unpaired) electrons. The van der Waals surface area contributed by atoms with E-state index in [1.807, 2.05) is 11.8 Å². The average Bonchev–Trinajstić information content (AvgIpc) is 2.70. The fraction of sp³-hybridized carbons (Fsp3) is 0.400. The summed E-state index contributed by atoms with van der Waals surface area (Å²) < 4.78 is 12.8. The lowest BCUT2D eigenvalue weighted by Gasteiger charge is -2.12. The molecule has 1 saturated heterocycles. The highest BCUT2D eigenvalue weighted by atomic mass is 32.2. The third kappa shape index (κ3) is 3.10. The Balaban J connectivity index is 1.86. The molecule has 1 fully saturated rings. The summed E-state index contributed by atoms with van der Waals surface area (Å²) in [5.74, 6) is 1.55. The van der Waals surface area contributed by atoms with Gasteiger partial charge in [0, 0.05) is 17.9 Å². The zero-order valence-corrected chi connectivity index (χ0v) is 9.39. The van der Waals surface area contributed by atoms with Crippen LogP contribution in [0.1, 0.15) is 6.42 Å². The number of nitrogens with one attached hydrogen (secondary N) is 2. The molecular weight excluding hydrogens is 229 g/mol. The SMILES string of the molecule is O=C(Nc1cncc(F)c1)N[C@H]1CCSC1. The predicted octanol–water partition coefficient (Wildman–Crippen LogP) is 1.85. The first-order valence-corrected chi connectivity index (χ1v) is 6.15. The average molecular weight is 241 g/mol. The summed E-state index contributed by atoms with van der Waals surface area (Å²) in [6.07, 6.45) is 3.49. The van der Waals surface area contributed by atoms with Gasteiger partial charge in [-0.2, -0.15) is 11.8 Å². The van der Waals surface area contributed by atoms with Gasteiger partial charge in [0.25, 0.3) is 0 Å². The molecule has 2 amide bonds. The molecule has 86 valence electrons. The van der Waals surface area contributed by atoms with Crippen molar-refractivity contribution in [2.45, 2.75) is 12.5 Å². The summed E-state index contributed by atoms with van der Waals surface area (Å²) in [6, 6.07) is 1.14. The van der Waals surface area contributed by atoms with Gasteiger partial charge in [-0.3, -0.25) is 4.98 Å². The Hall–Kier alpha value is -1.30. The van der Waals surface area contributed by atoms with E-state index < -0.39 is 5.82 Å². The molecule has 1 atom stereocenters. The number of hydrogen-bond acceptors (Lipinski definition) is 3. The molecule has 2 N–H and O–H groups in total. The Morgan fingerprint density at radius 3 is 3.12 bits per heavy atom. The summed E-state index contributed by atoms with van der Waals surface area (Å²) in [4.78, 5) is 15.1. The minimum absolute atomic E-state index is 0.214. The van der Waals surface area contributed by atoms with Crippen LogP contribution in [0.3, 0.4) is 0 Å². The Morgan fingerprint density at radius 2 is 2.44 bits per heavy atom. The number of halogens is 1. The molecule has 4 nitrogen and oxygen atoms in total. The number of anilines is 1. The molecule has 0 aliphatic carbocycles. The molecule has 16 heavy (non-hydrogen) atoms. The monoisotopic (exact) mass is 241 g/mol. The second-order valence-electron chi connectivity index (χ2n) is 3.55. The maximum absolute atomic E-state index is 12.8. The number of carbonyl (C=O) groups is 1. The van der Waals surface area contributed by atoms with Gasteiger partial charge in [0.05, 0.1) is 18.1 Å². The minimum Gasteiger partial charge on any atom is -0.334 e. The third-order valence-electron chi connectivity index (χ3n) is 2.23. The van der Waals surface area contributed by atoms with Gasteiger partial charge >= 0.3 is 6.03 Å². The molecule has 1 aliphatic rings. The lowest BCUT2D eigenvalue weighted by atomic mass is 10.3. The molecule has 0 spiro atoms. The first-order valence-electron chi connectivity index (χ1n) is 5.00. The molecule has 6 heteroatoms. The van der Waals surface area contributed by atoms with Gasteiger partial charge in [0.2, 0.25) is 0 Å². The summed E-state index contributed by atoms with van der Waals surface area (Å²) in [7, 11) is 0. The maximum atomic E-state index is 12.8. The van der Waals surface area contributed by atoms with Crippen LogP contribution in [0, 0.1) is 5.82 Å². The largest absolute Gasteiger partial charge is 0.334 e. The first-order chi connectivity index (χ1) is 7.74. The van der Waals surface area contributed by atoms with Crippen molar-refractivity contribution < 1.29 is 9.18 Å². The van der Waals surface area contributed by atoms with E-state index in [1.165, 1.54) is 12.3 Å².